The van der Waals surface area contributed by atoms with Gasteiger partial charge in [-0.3, -0.25) is 14.5 Å². The van der Waals surface area contributed by atoms with Crippen LogP contribution in [0.1, 0.15) is 26.2 Å². The molecule has 1 rings (SSSR count). The van der Waals surface area contributed by atoms with Gasteiger partial charge in [-0.15, -0.1) is 0 Å². The Morgan fingerprint density at radius 3 is 2.53 bits per heavy atom. The van der Waals surface area contributed by atoms with E-state index >= 15 is 0 Å². The van der Waals surface area contributed by atoms with Crippen LogP contribution >= 0.6 is 0 Å². The molecular formula is C11H20N2O2. The molecule has 1 heterocycles. The number of nitrogens with zero attached hydrogens (tertiary/aromatic N) is 2. The first-order chi connectivity index (χ1) is 7.02. The molecule has 0 N–H and O–H groups in total. The zero-order valence-electron chi connectivity index (χ0n) is 9.82. The molecule has 1 amide bonds. The fourth-order valence-electron chi connectivity index (χ4n) is 1.96. The molecule has 0 aliphatic carbocycles. The van der Waals surface area contributed by atoms with E-state index in [1.807, 2.05) is 4.90 Å². The maximum absolute atomic E-state index is 11.6. The van der Waals surface area contributed by atoms with Crippen molar-refractivity contribution >= 4 is 11.7 Å². The van der Waals surface area contributed by atoms with Crippen molar-refractivity contribution in [2.45, 2.75) is 32.2 Å². The minimum Gasteiger partial charge on any atom is -0.348 e. The zero-order chi connectivity index (χ0) is 11.4. The molecule has 1 unspecified atom stereocenters. The van der Waals surface area contributed by atoms with Crippen molar-refractivity contribution < 1.29 is 9.59 Å². The first-order valence-corrected chi connectivity index (χ1v) is 5.47. The van der Waals surface area contributed by atoms with Crippen LogP contribution < -0.4 is 0 Å². The summed E-state index contributed by atoms with van der Waals surface area (Å²) in [6.45, 7) is 2.85. The number of ketones is 1. The quantitative estimate of drug-likeness (QED) is 0.684. The Kier molecular flexibility index (Phi) is 4.27. The average Bonchev–Trinajstić information content (AvgIpc) is 2.18. The monoisotopic (exact) mass is 212 g/mol. The number of hydrogen-bond acceptors (Lipinski definition) is 3. The van der Waals surface area contributed by atoms with Gasteiger partial charge in [0.1, 0.15) is 5.78 Å². The Hall–Kier alpha value is -0.900. The van der Waals surface area contributed by atoms with Gasteiger partial charge in [-0.1, -0.05) is 6.42 Å². The van der Waals surface area contributed by atoms with Crippen molar-refractivity contribution in [1.82, 2.24) is 9.80 Å². The van der Waals surface area contributed by atoms with Crippen LogP contribution in [0.2, 0.25) is 0 Å². The van der Waals surface area contributed by atoms with Gasteiger partial charge in [-0.2, -0.15) is 0 Å². The molecule has 1 atom stereocenters. The summed E-state index contributed by atoms with van der Waals surface area (Å²) >= 11 is 0. The van der Waals surface area contributed by atoms with E-state index in [0.717, 1.165) is 25.8 Å². The molecular weight excluding hydrogens is 192 g/mol. The molecule has 4 heteroatoms. The zero-order valence-corrected chi connectivity index (χ0v) is 9.82. The Bertz CT molecular complexity index is 251. The molecule has 0 spiro atoms. The van der Waals surface area contributed by atoms with Crippen molar-refractivity contribution in [3.05, 3.63) is 0 Å². The van der Waals surface area contributed by atoms with Gasteiger partial charge in [-0.05, 0) is 26.3 Å². The normalized spacial score (nSPS) is 22.5. The lowest BCUT2D eigenvalue weighted by Crippen LogP contribution is -2.48. The third-order valence-electron chi connectivity index (χ3n) is 2.92. The van der Waals surface area contributed by atoms with Crippen LogP contribution in [0.15, 0.2) is 0 Å². The van der Waals surface area contributed by atoms with E-state index in [2.05, 4.69) is 0 Å². The van der Waals surface area contributed by atoms with E-state index < -0.39 is 0 Å². The first-order valence-electron chi connectivity index (χ1n) is 5.47. The first kappa shape index (κ1) is 12.2. The van der Waals surface area contributed by atoms with E-state index in [9.17, 15) is 9.59 Å². The highest BCUT2D eigenvalue weighted by Gasteiger charge is 2.27. The Morgan fingerprint density at radius 2 is 2.00 bits per heavy atom. The second kappa shape index (κ2) is 5.26. The second-order valence-corrected chi connectivity index (χ2v) is 4.38. The van der Waals surface area contributed by atoms with E-state index in [4.69, 9.17) is 0 Å². The third-order valence-corrected chi connectivity index (χ3v) is 2.92. The standard InChI is InChI=1S/C11H20N2O2/c1-9(14)10-6-4-5-7-13(10)8-11(15)12(2)3/h10H,4-8H2,1-3H3. The Labute approximate surface area is 91.2 Å². The van der Waals surface area contributed by atoms with Gasteiger partial charge >= 0.3 is 0 Å². The summed E-state index contributed by atoms with van der Waals surface area (Å²) in [4.78, 5) is 26.5. The van der Waals surface area contributed by atoms with Gasteiger partial charge < -0.3 is 4.90 Å². The highest BCUT2D eigenvalue weighted by molar-refractivity contribution is 5.83. The SMILES string of the molecule is CC(=O)C1CCCCN1CC(=O)N(C)C. The van der Waals surface area contributed by atoms with E-state index in [1.54, 1.807) is 25.9 Å². The fourth-order valence-corrected chi connectivity index (χ4v) is 1.96. The smallest absolute Gasteiger partial charge is 0.236 e. The molecule has 1 saturated heterocycles. The van der Waals surface area contributed by atoms with Gasteiger partial charge in [-0.25, -0.2) is 0 Å². The number of rotatable bonds is 3. The van der Waals surface area contributed by atoms with Gasteiger partial charge in [0.05, 0.1) is 12.6 Å². The fraction of sp³-hybridized carbons (Fsp3) is 0.818. The van der Waals surface area contributed by atoms with Crippen LogP contribution in [0.4, 0.5) is 0 Å². The number of likely N-dealkylation sites (tertiary alicyclic amines) is 1. The number of carbonyl (C=O) groups excluding carboxylic acids is 2. The average molecular weight is 212 g/mol. The molecule has 86 valence electrons. The third kappa shape index (κ3) is 3.30. The van der Waals surface area contributed by atoms with Crippen LogP contribution in [-0.4, -0.2) is 54.7 Å². The number of carbonyl (C=O) groups is 2. The number of likely N-dealkylation sites (N-methyl/N-ethyl adjacent to an activating group) is 1. The van der Waals surface area contributed by atoms with Crippen LogP contribution in [0, 0.1) is 0 Å². The number of Topliss-reactive ketones (excluding diaryl/α,β-unsaturated/α-hetero) is 1. The Balaban J connectivity index is 2.57. The predicted octanol–water partition coefficient (Wildman–Crippen LogP) is 0.518. The van der Waals surface area contributed by atoms with E-state index in [-0.39, 0.29) is 17.7 Å². The highest BCUT2D eigenvalue weighted by atomic mass is 16.2. The molecule has 0 saturated carbocycles. The summed E-state index contributed by atoms with van der Waals surface area (Å²) in [5, 5.41) is 0. The molecule has 0 aromatic heterocycles. The van der Waals surface area contributed by atoms with Crippen LogP contribution in [0.3, 0.4) is 0 Å². The van der Waals surface area contributed by atoms with Crippen molar-refractivity contribution in [3.8, 4) is 0 Å². The van der Waals surface area contributed by atoms with Crippen LogP contribution in [0.5, 0.6) is 0 Å². The summed E-state index contributed by atoms with van der Waals surface area (Å²) in [7, 11) is 3.49. The highest BCUT2D eigenvalue weighted by Crippen LogP contribution is 2.17. The lowest BCUT2D eigenvalue weighted by Gasteiger charge is -2.34. The van der Waals surface area contributed by atoms with Crippen molar-refractivity contribution in [2.75, 3.05) is 27.2 Å². The summed E-state index contributed by atoms with van der Waals surface area (Å²) in [6.07, 6.45) is 3.08. The van der Waals surface area contributed by atoms with E-state index in [1.165, 1.54) is 0 Å². The van der Waals surface area contributed by atoms with E-state index in [0.29, 0.717) is 6.54 Å². The lowest BCUT2D eigenvalue weighted by atomic mass is 9.99. The molecule has 0 aromatic rings. The molecule has 1 aliphatic heterocycles. The second-order valence-electron chi connectivity index (χ2n) is 4.38. The maximum Gasteiger partial charge on any atom is 0.236 e. The molecule has 1 fully saturated rings. The number of amides is 1. The van der Waals surface area contributed by atoms with Crippen molar-refractivity contribution in [2.24, 2.45) is 0 Å². The van der Waals surface area contributed by atoms with Gasteiger partial charge in [0.2, 0.25) is 5.91 Å². The topological polar surface area (TPSA) is 40.6 Å². The molecule has 4 nitrogen and oxygen atoms in total. The van der Waals surface area contributed by atoms with Gasteiger partial charge in [0, 0.05) is 14.1 Å². The van der Waals surface area contributed by atoms with Gasteiger partial charge in [0.25, 0.3) is 0 Å². The minimum absolute atomic E-state index is 0.0392. The van der Waals surface area contributed by atoms with Gasteiger partial charge in [0.15, 0.2) is 0 Å². The van der Waals surface area contributed by atoms with Crippen LogP contribution in [-0.2, 0) is 9.59 Å². The number of hydrogen-bond donors (Lipinski definition) is 0. The van der Waals surface area contributed by atoms with Crippen LogP contribution in [0.25, 0.3) is 0 Å². The molecule has 0 radical (unpaired) electrons. The minimum atomic E-state index is -0.0392. The lowest BCUT2D eigenvalue weighted by molar-refractivity contribution is -0.132. The predicted molar refractivity (Wildman–Crippen MR) is 58.6 cm³/mol. The summed E-state index contributed by atoms with van der Waals surface area (Å²) in [5.41, 5.74) is 0. The largest absolute Gasteiger partial charge is 0.348 e. The number of piperidine rings is 1. The maximum atomic E-state index is 11.6. The molecule has 15 heavy (non-hydrogen) atoms. The molecule has 0 bridgehead atoms. The molecule has 0 aromatic carbocycles. The summed E-state index contributed by atoms with van der Waals surface area (Å²) in [5.74, 6) is 0.254. The summed E-state index contributed by atoms with van der Waals surface area (Å²) < 4.78 is 0. The molecule has 1 aliphatic rings. The summed E-state index contributed by atoms with van der Waals surface area (Å²) in [6, 6.07) is -0.0392. The Morgan fingerprint density at radius 1 is 1.33 bits per heavy atom. The van der Waals surface area contributed by atoms with Crippen molar-refractivity contribution in [1.29, 1.82) is 0 Å². The van der Waals surface area contributed by atoms with Crippen molar-refractivity contribution in [3.63, 3.8) is 0 Å².